The lowest BCUT2D eigenvalue weighted by atomic mass is 9.80. The number of aryl methyl sites for hydroxylation is 6. The molecule has 2 aromatic carbocycles. The zero-order chi connectivity index (χ0) is 50.5. The SMILES string of the molecule is Cc1cc(-c2ccnc(Cl)n2)ccc1CCC(=O)N1CCC(C(C)(C)C)C1.Cc1cc(-c2ccnc(Nc3cnn4c3CCC4)n2)ccc1CCC(=O)N1CCC(C(C)(C)C)C1.Nc1cnn2c1CCC2. The molecule has 6 aromatic rings. The van der Waals surface area contributed by atoms with Crippen LogP contribution < -0.4 is 11.1 Å². The van der Waals surface area contributed by atoms with Crippen molar-refractivity contribution in [3.8, 4) is 22.5 Å². The van der Waals surface area contributed by atoms with Gasteiger partial charge in [-0.3, -0.25) is 19.0 Å². The Labute approximate surface area is 425 Å². The first kappa shape index (κ1) is 51.2. The monoisotopic (exact) mass is 981 g/mol. The van der Waals surface area contributed by atoms with Gasteiger partial charge in [0, 0.05) is 75.6 Å². The largest absolute Gasteiger partial charge is 0.396 e. The topological polar surface area (TPSA) is 166 Å². The lowest BCUT2D eigenvalue weighted by Gasteiger charge is -2.27. The summed E-state index contributed by atoms with van der Waals surface area (Å²) >= 11 is 5.89. The van der Waals surface area contributed by atoms with Crippen LogP contribution in [-0.4, -0.2) is 87.3 Å². The summed E-state index contributed by atoms with van der Waals surface area (Å²) in [5.41, 5.74) is 19.0. The van der Waals surface area contributed by atoms with E-state index in [4.69, 9.17) is 22.3 Å². The van der Waals surface area contributed by atoms with Gasteiger partial charge in [0.25, 0.3) is 0 Å². The quantitative estimate of drug-likeness (QED) is 0.126. The molecule has 4 aliphatic rings. The molecule has 8 heterocycles. The van der Waals surface area contributed by atoms with Gasteiger partial charge in [-0.1, -0.05) is 65.8 Å². The van der Waals surface area contributed by atoms with Gasteiger partial charge < -0.3 is 20.9 Å². The molecule has 2 atom stereocenters. The van der Waals surface area contributed by atoms with Crippen LogP contribution in [0.25, 0.3) is 22.5 Å². The number of rotatable bonds is 10. The van der Waals surface area contributed by atoms with Crippen LogP contribution in [-0.2, 0) is 48.4 Å². The number of nitrogens with zero attached hydrogens (tertiary/aromatic N) is 10. The Kier molecular flexibility index (Phi) is 15.9. The van der Waals surface area contributed by atoms with Gasteiger partial charge >= 0.3 is 0 Å². The summed E-state index contributed by atoms with van der Waals surface area (Å²) in [7, 11) is 0. The summed E-state index contributed by atoms with van der Waals surface area (Å²) < 4.78 is 4.03. The molecule has 0 saturated carbocycles. The average molecular weight is 982 g/mol. The summed E-state index contributed by atoms with van der Waals surface area (Å²) in [5.74, 6) is 2.32. The number of nitrogen functional groups attached to an aromatic ring is 1. The molecule has 0 bridgehead atoms. The molecular formula is C56H73ClN12O2. The number of benzene rings is 2. The average Bonchev–Trinajstić information content (AvgIpc) is 4.20. The molecule has 15 heteroatoms. The number of aromatic nitrogens is 8. The molecule has 4 aliphatic heterocycles. The van der Waals surface area contributed by atoms with Gasteiger partial charge in [-0.25, -0.2) is 19.9 Å². The van der Waals surface area contributed by atoms with Crippen molar-refractivity contribution >= 4 is 40.7 Å². The van der Waals surface area contributed by atoms with E-state index >= 15 is 0 Å². The third kappa shape index (κ3) is 12.9. The molecule has 0 aliphatic carbocycles. The van der Waals surface area contributed by atoms with Crippen molar-refractivity contribution < 1.29 is 9.59 Å². The number of anilines is 3. The van der Waals surface area contributed by atoms with E-state index in [0.29, 0.717) is 30.6 Å². The third-order valence-electron chi connectivity index (χ3n) is 15.0. The van der Waals surface area contributed by atoms with E-state index in [1.807, 2.05) is 38.7 Å². The first-order valence-corrected chi connectivity index (χ1v) is 26.0. The standard InChI is InChI=1S/C28H36N6O.C22H28ClN3O.C6H9N3/c1-19-16-21(8-7-20(19)9-10-26(35)33-15-12-22(18-33)28(2,3)4)23-11-13-29-27(31-23)32-24-17-30-34-14-5-6-25(24)34;1-15-13-17(19-9-11-24-21(23)25-19)6-5-16(15)7-8-20(27)26-12-10-18(14-26)22(2,3)4;7-5-4-8-9-3-1-2-6(5)9/h7-8,11,13,16-17,22H,5-6,9-10,12,14-15,18H2,1-4H3,(H,29,31,32);5-6,9,11,13,18H,7-8,10,12,14H2,1-4H3;4H,1-3,7H2. The molecular weight excluding hydrogens is 908 g/mol. The number of amides is 2. The van der Waals surface area contributed by atoms with Crippen molar-refractivity contribution in [2.45, 2.75) is 133 Å². The number of carbonyl (C=O) groups is 2. The van der Waals surface area contributed by atoms with E-state index in [9.17, 15) is 9.59 Å². The number of nitrogens with one attached hydrogen (secondary N) is 1. The highest BCUT2D eigenvalue weighted by molar-refractivity contribution is 6.28. The summed E-state index contributed by atoms with van der Waals surface area (Å²) in [6.07, 6.45) is 16.4. The Bertz CT molecular complexity index is 2820. The second-order valence-corrected chi connectivity index (χ2v) is 22.3. The molecule has 14 nitrogen and oxygen atoms in total. The first-order chi connectivity index (χ1) is 33.9. The number of fused-ring (bicyclic) bond motifs is 2. The van der Waals surface area contributed by atoms with E-state index in [1.165, 1.54) is 40.1 Å². The minimum absolute atomic E-state index is 0.249. The maximum absolute atomic E-state index is 12.8. The Hall–Kier alpha value is -6.15. The number of likely N-dealkylation sites (tertiary alicyclic amines) is 2. The normalized spacial score (nSPS) is 17.3. The van der Waals surface area contributed by atoms with E-state index in [2.05, 4.69) is 121 Å². The van der Waals surface area contributed by atoms with Crippen molar-refractivity contribution in [2.75, 3.05) is 37.2 Å². The van der Waals surface area contributed by atoms with Gasteiger partial charge in [0.1, 0.15) is 0 Å². The lowest BCUT2D eigenvalue weighted by Crippen LogP contribution is -2.31. The molecule has 0 spiro atoms. The van der Waals surface area contributed by atoms with Crippen LogP contribution in [0.1, 0.15) is 114 Å². The van der Waals surface area contributed by atoms with Gasteiger partial charge in [0.2, 0.25) is 23.0 Å². The smallest absolute Gasteiger partial charge is 0.227 e. The van der Waals surface area contributed by atoms with Crippen LogP contribution in [0, 0.1) is 36.5 Å². The van der Waals surface area contributed by atoms with Gasteiger partial charge in [-0.15, -0.1) is 0 Å². The van der Waals surface area contributed by atoms with Crippen molar-refractivity contribution in [3.63, 3.8) is 0 Å². The summed E-state index contributed by atoms with van der Waals surface area (Å²) in [5, 5.41) is 12.1. The van der Waals surface area contributed by atoms with Crippen molar-refractivity contribution in [2.24, 2.45) is 22.7 Å². The number of carbonyl (C=O) groups excluding carboxylic acids is 2. The number of nitrogens with two attached hydrogens (primary N) is 1. The molecule has 4 aromatic heterocycles. The Morgan fingerprint density at radius 3 is 1.69 bits per heavy atom. The predicted octanol–water partition coefficient (Wildman–Crippen LogP) is 10.5. The van der Waals surface area contributed by atoms with Gasteiger partial charge in [-0.05, 0) is 146 Å². The van der Waals surface area contributed by atoms with Crippen LogP contribution in [0.3, 0.4) is 0 Å². The fourth-order valence-electron chi connectivity index (χ4n) is 10.3. The Balaban J connectivity index is 0.000000165. The molecule has 10 rings (SSSR count). The highest BCUT2D eigenvalue weighted by Gasteiger charge is 2.35. The molecule has 2 amide bonds. The van der Waals surface area contributed by atoms with Crippen LogP contribution in [0.5, 0.6) is 0 Å². The zero-order valence-corrected chi connectivity index (χ0v) is 43.9. The fourth-order valence-corrected chi connectivity index (χ4v) is 10.5. The highest BCUT2D eigenvalue weighted by Crippen LogP contribution is 2.35. The second kappa shape index (κ2) is 22.1. The fraction of sp³-hybridized carbons (Fsp3) is 0.500. The van der Waals surface area contributed by atoms with E-state index in [-0.39, 0.29) is 27.9 Å². The maximum Gasteiger partial charge on any atom is 0.227 e. The van der Waals surface area contributed by atoms with E-state index < -0.39 is 0 Å². The van der Waals surface area contributed by atoms with Crippen molar-refractivity contribution in [1.29, 1.82) is 0 Å². The van der Waals surface area contributed by atoms with Crippen LogP contribution in [0.2, 0.25) is 5.28 Å². The van der Waals surface area contributed by atoms with E-state index in [1.54, 1.807) is 18.6 Å². The first-order valence-electron chi connectivity index (χ1n) is 25.6. The summed E-state index contributed by atoms with van der Waals surface area (Å²) in [6, 6.07) is 16.4. The molecule has 2 unspecified atom stereocenters. The van der Waals surface area contributed by atoms with Crippen LogP contribution in [0.15, 0.2) is 73.3 Å². The van der Waals surface area contributed by atoms with Crippen LogP contribution in [0.4, 0.5) is 17.3 Å². The second-order valence-electron chi connectivity index (χ2n) is 22.0. The maximum atomic E-state index is 12.8. The lowest BCUT2D eigenvalue weighted by molar-refractivity contribution is -0.131. The van der Waals surface area contributed by atoms with Gasteiger partial charge in [0.15, 0.2) is 0 Å². The molecule has 2 fully saturated rings. The Morgan fingerprint density at radius 2 is 1.18 bits per heavy atom. The molecule has 0 radical (unpaired) electrons. The number of hydrogen-bond acceptors (Lipinski definition) is 10. The molecule has 376 valence electrons. The minimum Gasteiger partial charge on any atom is -0.396 e. The minimum atomic E-state index is 0.249. The van der Waals surface area contributed by atoms with Gasteiger partial charge in [0.05, 0.1) is 46.5 Å². The molecule has 2 saturated heterocycles. The number of hydrogen-bond donors (Lipinski definition) is 2. The van der Waals surface area contributed by atoms with Crippen LogP contribution >= 0.6 is 11.6 Å². The summed E-state index contributed by atoms with van der Waals surface area (Å²) in [6.45, 7) is 23.4. The molecule has 71 heavy (non-hydrogen) atoms. The Morgan fingerprint density at radius 1 is 0.676 bits per heavy atom. The number of halogens is 1. The van der Waals surface area contributed by atoms with Gasteiger partial charge in [-0.2, -0.15) is 10.2 Å². The highest BCUT2D eigenvalue weighted by atomic mass is 35.5. The third-order valence-corrected chi connectivity index (χ3v) is 15.2. The zero-order valence-electron chi connectivity index (χ0n) is 43.1. The molecule has 3 N–H and O–H groups in total. The van der Waals surface area contributed by atoms with Crippen molar-refractivity contribution in [1.82, 2.24) is 49.3 Å². The van der Waals surface area contributed by atoms with Crippen molar-refractivity contribution in [3.05, 3.63) is 112 Å². The van der Waals surface area contributed by atoms with E-state index in [0.717, 1.165) is 118 Å². The summed E-state index contributed by atoms with van der Waals surface area (Å²) in [4.78, 5) is 46.9. The predicted molar refractivity (Wildman–Crippen MR) is 283 cm³/mol.